The van der Waals surface area contributed by atoms with E-state index in [4.69, 9.17) is 9.84 Å². The SMILES string of the molecule is CCOCCS(=O)(=O)NC(CO)CC(C)C. The minimum atomic E-state index is -3.35. The summed E-state index contributed by atoms with van der Waals surface area (Å²) in [4.78, 5) is 0. The standard InChI is InChI=1S/C10H23NO4S/c1-4-15-5-6-16(13,14)11-10(8-12)7-9(2)3/h9-12H,4-8H2,1-3H3. The molecule has 0 aliphatic rings. The zero-order chi connectivity index (χ0) is 12.6. The Hall–Kier alpha value is -0.170. The Kier molecular flexibility index (Phi) is 7.91. The molecule has 0 aromatic carbocycles. The molecule has 2 N–H and O–H groups in total. The number of aliphatic hydroxyl groups is 1. The van der Waals surface area contributed by atoms with Gasteiger partial charge in [0, 0.05) is 12.6 Å². The minimum Gasteiger partial charge on any atom is -0.395 e. The van der Waals surface area contributed by atoms with Crippen LogP contribution in [0.5, 0.6) is 0 Å². The van der Waals surface area contributed by atoms with Gasteiger partial charge in [-0.25, -0.2) is 13.1 Å². The van der Waals surface area contributed by atoms with Crippen molar-refractivity contribution in [2.75, 3.05) is 25.6 Å². The summed E-state index contributed by atoms with van der Waals surface area (Å²) in [6.45, 7) is 6.30. The van der Waals surface area contributed by atoms with Gasteiger partial charge in [0.05, 0.1) is 19.0 Å². The molecule has 1 unspecified atom stereocenters. The number of sulfonamides is 1. The highest BCUT2D eigenvalue weighted by atomic mass is 32.2. The van der Waals surface area contributed by atoms with Crippen molar-refractivity contribution in [2.24, 2.45) is 5.92 Å². The Labute approximate surface area is 98.2 Å². The van der Waals surface area contributed by atoms with Gasteiger partial charge in [-0.2, -0.15) is 0 Å². The average Bonchev–Trinajstić information content (AvgIpc) is 2.15. The Balaban J connectivity index is 4.10. The molecule has 1 atom stereocenters. The lowest BCUT2D eigenvalue weighted by Crippen LogP contribution is -2.40. The Morgan fingerprint density at radius 3 is 2.44 bits per heavy atom. The summed E-state index contributed by atoms with van der Waals surface area (Å²) in [7, 11) is -3.35. The summed E-state index contributed by atoms with van der Waals surface area (Å²) in [6, 6.07) is -0.397. The molecule has 0 aromatic heterocycles. The van der Waals surface area contributed by atoms with Gasteiger partial charge in [0.15, 0.2) is 0 Å². The summed E-state index contributed by atoms with van der Waals surface area (Å²) in [5.74, 6) is 0.279. The predicted octanol–water partition coefficient (Wildman–Crippen LogP) is 0.349. The summed E-state index contributed by atoms with van der Waals surface area (Å²) in [5.41, 5.74) is 0. The maximum absolute atomic E-state index is 11.6. The molecule has 5 nitrogen and oxygen atoms in total. The highest BCUT2D eigenvalue weighted by Crippen LogP contribution is 2.05. The summed E-state index contributed by atoms with van der Waals surface area (Å²) in [6.07, 6.45) is 0.629. The fourth-order valence-corrected chi connectivity index (χ4v) is 2.49. The predicted molar refractivity (Wildman–Crippen MR) is 63.7 cm³/mol. The van der Waals surface area contributed by atoms with E-state index in [0.29, 0.717) is 18.9 Å². The third-order valence-corrected chi connectivity index (χ3v) is 3.42. The van der Waals surface area contributed by atoms with Crippen LogP contribution >= 0.6 is 0 Å². The fraction of sp³-hybridized carbons (Fsp3) is 1.00. The topological polar surface area (TPSA) is 75.6 Å². The van der Waals surface area contributed by atoms with E-state index in [9.17, 15) is 8.42 Å². The fourth-order valence-electron chi connectivity index (χ4n) is 1.35. The number of rotatable bonds is 9. The van der Waals surface area contributed by atoms with Gasteiger partial charge < -0.3 is 9.84 Å². The molecule has 0 bridgehead atoms. The van der Waals surface area contributed by atoms with Gasteiger partial charge in [-0.15, -0.1) is 0 Å². The number of nitrogens with one attached hydrogen (secondary N) is 1. The summed E-state index contributed by atoms with van der Waals surface area (Å²) >= 11 is 0. The second-order valence-corrected chi connectivity index (χ2v) is 6.02. The van der Waals surface area contributed by atoms with E-state index >= 15 is 0 Å². The second kappa shape index (κ2) is 8.00. The third kappa shape index (κ3) is 8.04. The molecule has 0 saturated heterocycles. The molecule has 16 heavy (non-hydrogen) atoms. The second-order valence-electron chi connectivity index (χ2n) is 4.14. The van der Waals surface area contributed by atoms with Gasteiger partial charge >= 0.3 is 0 Å². The van der Waals surface area contributed by atoms with Crippen LogP contribution in [0, 0.1) is 5.92 Å². The van der Waals surface area contributed by atoms with Crippen molar-refractivity contribution in [3.63, 3.8) is 0 Å². The Morgan fingerprint density at radius 2 is 2.00 bits per heavy atom. The van der Waals surface area contributed by atoms with Crippen LogP contribution in [0.4, 0.5) is 0 Å². The van der Waals surface area contributed by atoms with Crippen LogP contribution in [-0.4, -0.2) is 45.1 Å². The molecule has 98 valence electrons. The van der Waals surface area contributed by atoms with E-state index in [0.717, 1.165) is 0 Å². The molecule has 0 aromatic rings. The smallest absolute Gasteiger partial charge is 0.214 e. The first-order valence-corrected chi connectivity index (χ1v) is 7.25. The Bertz CT molecular complexity index is 264. The Morgan fingerprint density at radius 1 is 1.38 bits per heavy atom. The van der Waals surface area contributed by atoms with Crippen molar-refractivity contribution in [3.05, 3.63) is 0 Å². The van der Waals surface area contributed by atoms with E-state index in [1.54, 1.807) is 0 Å². The number of hydrogen-bond acceptors (Lipinski definition) is 4. The van der Waals surface area contributed by atoms with Gasteiger partial charge in [-0.1, -0.05) is 13.8 Å². The molecule has 0 spiro atoms. The molecule has 6 heteroatoms. The number of hydrogen-bond donors (Lipinski definition) is 2. The van der Waals surface area contributed by atoms with Gasteiger partial charge in [0.1, 0.15) is 0 Å². The number of ether oxygens (including phenoxy) is 1. The summed E-state index contributed by atoms with van der Waals surface area (Å²) < 4.78 is 30.6. The molecule has 0 fully saturated rings. The van der Waals surface area contributed by atoms with Crippen LogP contribution < -0.4 is 4.72 Å². The molecule has 0 amide bonds. The van der Waals surface area contributed by atoms with Crippen molar-refractivity contribution in [2.45, 2.75) is 33.2 Å². The van der Waals surface area contributed by atoms with Crippen LogP contribution in [0.1, 0.15) is 27.2 Å². The van der Waals surface area contributed by atoms with E-state index in [2.05, 4.69) is 4.72 Å². The van der Waals surface area contributed by atoms with Gasteiger partial charge in [0.25, 0.3) is 0 Å². The van der Waals surface area contributed by atoms with Crippen molar-refractivity contribution < 1.29 is 18.3 Å². The first-order chi connectivity index (χ1) is 7.41. The quantitative estimate of drug-likeness (QED) is 0.581. The molecule has 0 heterocycles. The number of aliphatic hydroxyl groups excluding tert-OH is 1. The van der Waals surface area contributed by atoms with Crippen LogP contribution in [0.15, 0.2) is 0 Å². The van der Waals surface area contributed by atoms with E-state index in [-0.39, 0.29) is 19.0 Å². The minimum absolute atomic E-state index is 0.0601. The van der Waals surface area contributed by atoms with Crippen molar-refractivity contribution in [1.29, 1.82) is 0 Å². The monoisotopic (exact) mass is 253 g/mol. The summed E-state index contributed by atoms with van der Waals surface area (Å²) in [5, 5.41) is 9.05. The highest BCUT2D eigenvalue weighted by Gasteiger charge is 2.17. The third-order valence-electron chi connectivity index (χ3n) is 2.02. The highest BCUT2D eigenvalue weighted by molar-refractivity contribution is 7.89. The molecule has 0 rings (SSSR count). The van der Waals surface area contributed by atoms with Gasteiger partial charge in [-0.05, 0) is 19.3 Å². The maximum Gasteiger partial charge on any atom is 0.214 e. The van der Waals surface area contributed by atoms with Gasteiger partial charge in [-0.3, -0.25) is 0 Å². The van der Waals surface area contributed by atoms with Crippen molar-refractivity contribution in [3.8, 4) is 0 Å². The lowest BCUT2D eigenvalue weighted by molar-refractivity contribution is 0.163. The van der Waals surface area contributed by atoms with Crippen LogP contribution in [0.3, 0.4) is 0 Å². The van der Waals surface area contributed by atoms with Crippen LogP contribution in [0.2, 0.25) is 0 Å². The average molecular weight is 253 g/mol. The largest absolute Gasteiger partial charge is 0.395 e. The zero-order valence-corrected chi connectivity index (χ0v) is 11.1. The molecule has 0 saturated carbocycles. The molecule has 0 aliphatic carbocycles. The van der Waals surface area contributed by atoms with Gasteiger partial charge in [0.2, 0.25) is 10.0 Å². The first-order valence-electron chi connectivity index (χ1n) is 5.59. The zero-order valence-electron chi connectivity index (χ0n) is 10.3. The normalized spacial score (nSPS) is 14.3. The maximum atomic E-state index is 11.6. The molecule has 0 aliphatic heterocycles. The van der Waals surface area contributed by atoms with Crippen molar-refractivity contribution >= 4 is 10.0 Å². The van der Waals surface area contributed by atoms with Crippen LogP contribution in [-0.2, 0) is 14.8 Å². The molecular weight excluding hydrogens is 230 g/mol. The lowest BCUT2D eigenvalue weighted by atomic mass is 10.1. The molecule has 0 radical (unpaired) electrons. The van der Waals surface area contributed by atoms with Crippen molar-refractivity contribution in [1.82, 2.24) is 4.72 Å². The first kappa shape index (κ1) is 15.8. The van der Waals surface area contributed by atoms with E-state index in [1.165, 1.54) is 0 Å². The molecular formula is C10H23NO4S. The van der Waals surface area contributed by atoms with E-state index in [1.807, 2.05) is 20.8 Å². The lowest BCUT2D eigenvalue weighted by Gasteiger charge is -2.18. The van der Waals surface area contributed by atoms with E-state index < -0.39 is 16.1 Å². The van der Waals surface area contributed by atoms with Crippen LogP contribution in [0.25, 0.3) is 0 Å².